The van der Waals surface area contributed by atoms with Gasteiger partial charge in [-0.1, -0.05) is 18.6 Å². The van der Waals surface area contributed by atoms with Crippen LogP contribution >= 0.6 is 0 Å². The number of amides is 1. The van der Waals surface area contributed by atoms with Gasteiger partial charge >= 0.3 is 12.1 Å². The van der Waals surface area contributed by atoms with Crippen molar-refractivity contribution in [2.45, 2.75) is 51.6 Å². The molecule has 1 aromatic carbocycles. The van der Waals surface area contributed by atoms with Crippen LogP contribution in [0.4, 0.5) is 17.6 Å². The van der Waals surface area contributed by atoms with Gasteiger partial charge in [-0.3, -0.25) is 9.69 Å². The van der Waals surface area contributed by atoms with Gasteiger partial charge in [0.2, 0.25) is 5.91 Å². The maximum absolute atomic E-state index is 13.0. The number of nitrogens with zero attached hydrogens (tertiary/aromatic N) is 3. The number of rotatable bonds is 5. The molecule has 1 amide bonds. The standard InChI is InChI=1S/C19H23FN4O.C2HF3O2/c20-16-6-4-14(5-7-16)11-23-8-9-24-12-17(22-18(24)13-23)10-21-19(25)15-2-1-3-15;3-2(4,5)1(6)7/h4-7,12,15H,1-3,8-11,13H2,(H,21,25);(H,6,7). The molecule has 2 heterocycles. The molecule has 1 aromatic heterocycles. The molecule has 0 saturated heterocycles. The first-order chi connectivity index (χ1) is 15.1. The van der Waals surface area contributed by atoms with Gasteiger partial charge in [-0.05, 0) is 30.5 Å². The van der Waals surface area contributed by atoms with Gasteiger partial charge in [0.25, 0.3) is 0 Å². The number of nitrogens with one attached hydrogen (secondary N) is 1. The molecule has 1 aliphatic carbocycles. The molecular weight excluding hydrogens is 432 g/mol. The number of carbonyl (C=O) groups is 2. The Balaban J connectivity index is 0.000000360. The lowest BCUT2D eigenvalue weighted by molar-refractivity contribution is -0.192. The zero-order valence-electron chi connectivity index (χ0n) is 17.2. The normalized spacial score (nSPS) is 16.4. The van der Waals surface area contributed by atoms with Crippen LogP contribution in [0.2, 0.25) is 0 Å². The SMILES string of the molecule is O=C(NCc1cn2c(n1)CN(Cc1ccc(F)cc1)CC2)C1CCC1.O=C(O)C(F)(F)F. The molecular formula is C21H24F4N4O3. The molecule has 2 aliphatic rings. The smallest absolute Gasteiger partial charge is 0.475 e. The minimum Gasteiger partial charge on any atom is -0.475 e. The van der Waals surface area contributed by atoms with Crippen LogP contribution in [-0.2, 0) is 35.8 Å². The summed E-state index contributed by atoms with van der Waals surface area (Å²) in [6, 6.07) is 6.67. The van der Waals surface area contributed by atoms with Crippen molar-refractivity contribution in [2.75, 3.05) is 6.54 Å². The van der Waals surface area contributed by atoms with Crippen molar-refractivity contribution < 1.29 is 32.3 Å². The molecule has 2 N–H and O–H groups in total. The van der Waals surface area contributed by atoms with Crippen molar-refractivity contribution >= 4 is 11.9 Å². The van der Waals surface area contributed by atoms with E-state index in [9.17, 15) is 22.4 Å². The number of carbonyl (C=O) groups excluding carboxylic acids is 1. The van der Waals surface area contributed by atoms with Crippen LogP contribution in [0.15, 0.2) is 30.5 Å². The van der Waals surface area contributed by atoms with E-state index in [0.717, 1.165) is 56.1 Å². The fourth-order valence-corrected chi connectivity index (χ4v) is 3.42. The van der Waals surface area contributed by atoms with Crippen LogP contribution in [0.3, 0.4) is 0 Å². The molecule has 0 radical (unpaired) electrons. The molecule has 174 valence electrons. The van der Waals surface area contributed by atoms with Crippen LogP contribution in [0.25, 0.3) is 0 Å². The molecule has 0 bridgehead atoms. The summed E-state index contributed by atoms with van der Waals surface area (Å²) in [4.78, 5) is 27.8. The summed E-state index contributed by atoms with van der Waals surface area (Å²) in [5, 5.41) is 10.1. The van der Waals surface area contributed by atoms with Crippen molar-refractivity contribution in [2.24, 2.45) is 5.92 Å². The summed E-state index contributed by atoms with van der Waals surface area (Å²) in [7, 11) is 0. The quantitative estimate of drug-likeness (QED) is 0.676. The zero-order valence-corrected chi connectivity index (χ0v) is 17.2. The van der Waals surface area contributed by atoms with E-state index in [1.807, 2.05) is 18.3 Å². The van der Waals surface area contributed by atoms with E-state index in [2.05, 4.69) is 19.8 Å². The maximum atomic E-state index is 13.0. The number of fused-ring (bicyclic) bond motifs is 1. The lowest BCUT2D eigenvalue weighted by Crippen LogP contribution is -2.34. The predicted octanol–water partition coefficient (Wildman–Crippen LogP) is 3.09. The average Bonchev–Trinajstić information content (AvgIpc) is 3.09. The Morgan fingerprint density at radius 1 is 1.16 bits per heavy atom. The predicted molar refractivity (Wildman–Crippen MR) is 106 cm³/mol. The van der Waals surface area contributed by atoms with Crippen molar-refractivity contribution in [1.82, 2.24) is 19.8 Å². The Morgan fingerprint density at radius 2 is 1.81 bits per heavy atom. The number of imidazole rings is 1. The van der Waals surface area contributed by atoms with E-state index >= 15 is 0 Å². The number of hydrogen-bond acceptors (Lipinski definition) is 4. The second kappa shape index (κ2) is 10.1. The maximum Gasteiger partial charge on any atom is 0.490 e. The number of carboxylic acids is 1. The van der Waals surface area contributed by atoms with Crippen molar-refractivity contribution in [3.63, 3.8) is 0 Å². The topological polar surface area (TPSA) is 87.5 Å². The number of halogens is 4. The van der Waals surface area contributed by atoms with Gasteiger partial charge in [-0.15, -0.1) is 0 Å². The van der Waals surface area contributed by atoms with E-state index in [1.165, 1.54) is 18.6 Å². The minimum atomic E-state index is -5.08. The Morgan fingerprint density at radius 3 is 2.38 bits per heavy atom. The third-order valence-electron chi connectivity index (χ3n) is 5.41. The van der Waals surface area contributed by atoms with E-state index in [4.69, 9.17) is 9.90 Å². The summed E-state index contributed by atoms with van der Waals surface area (Å²) in [5.41, 5.74) is 2.03. The molecule has 0 spiro atoms. The highest BCUT2D eigenvalue weighted by atomic mass is 19.4. The average molecular weight is 456 g/mol. The summed E-state index contributed by atoms with van der Waals surface area (Å²) >= 11 is 0. The van der Waals surface area contributed by atoms with Gasteiger partial charge in [-0.25, -0.2) is 14.2 Å². The molecule has 4 rings (SSSR count). The summed E-state index contributed by atoms with van der Waals surface area (Å²) in [6.07, 6.45) is 0.167. The molecule has 11 heteroatoms. The van der Waals surface area contributed by atoms with Gasteiger partial charge in [0, 0.05) is 31.7 Å². The number of carboxylic acid groups (broad SMARTS) is 1. The molecule has 0 unspecified atom stereocenters. The van der Waals surface area contributed by atoms with E-state index < -0.39 is 12.1 Å². The van der Waals surface area contributed by atoms with E-state index in [1.54, 1.807) is 0 Å². The third kappa shape index (κ3) is 6.52. The zero-order chi connectivity index (χ0) is 23.3. The largest absolute Gasteiger partial charge is 0.490 e. The lowest BCUT2D eigenvalue weighted by Gasteiger charge is -2.27. The summed E-state index contributed by atoms with van der Waals surface area (Å²) in [5.74, 6) is -1.56. The Labute approximate surface area is 182 Å². The second-order valence-electron chi connectivity index (χ2n) is 7.83. The highest BCUT2D eigenvalue weighted by molar-refractivity contribution is 5.79. The first kappa shape index (κ1) is 23.7. The molecule has 0 atom stereocenters. The Bertz CT molecular complexity index is 940. The van der Waals surface area contributed by atoms with Crippen LogP contribution in [-0.4, -0.2) is 44.2 Å². The lowest BCUT2D eigenvalue weighted by atomic mass is 9.85. The number of hydrogen-bond donors (Lipinski definition) is 2. The van der Waals surface area contributed by atoms with E-state index in [0.29, 0.717) is 6.54 Å². The van der Waals surface area contributed by atoms with Crippen LogP contribution in [0.5, 0.6) is 0 Å². The summed E-state index contributed by atoms with van der Waals surface area (Å²) < 4.78 is 46.9. The highest BCUT2D eigenvalue weighted by Crippen LogP contribution is 2.26. The summed E-state index contributed by atoms with van der Waals surface area (Å²) in [6.45, 7) is 3.90. The molecule has 1 aliphatic heterocycles. The molecule has 2 aromatic rings. The number of aliphatic carboxylic acids is 1. The number of aromatic nitrogens is 2. The minimum absolute atomic E-state index is 0.162. The second-order valence-corrected chi connectivity index (χ2v) is 7.83. The first-order valence-corrected chi connectivity index (χ1v) is 10.2. The molecule has 1 fully saturated rings. The van der Waals surface area contributed by atoms with Gasteiger partial charge < -0.3 is 15.0 Å². The van der Waals surface area contributed by atoms with Crippen molar-refractivity contribution in [3.05, 3.63) is 53.4 Å². The van der Waals surface area contributed by atoms with Gasteiger partial charge in [0.1, 0.15) is 11.6 Å². The molecule has 32 heavy (non-hydrogen) atoms. The third-order valence-corrected chi connectivity index (χ3v) is 5.41. The van der Waals surface area contributed by atoms with Crippen molar-refractivity contribution in [3.8, 4) is 0 Å². The van der Waals surface area contributed by atoms with E-state index in [-0.39, 0.29) is 17.6 Å². The van der Waals surface area contributed by atoms with Crippen LogP contribution in [0, 0.1) is 11.7 Å². The highest BCUT2D eigenvalue weighted by Gasteiger charge is 2.38. The molecule has 1 saturated carbocycles. The monoisotopic (exact) mass is 456 g/mol. The van der Waals surface area contributed by atoms with Crippen LogP contribution in [0.1, 0.15) is 36.3 Å². The van der Waals surface area contributed by atoms with Crippen LogP contribution < -0.4 is 5.32 Å². The van der Waals surface area contributed by atoms with Gasteiger partial charge in [0.05, 0.1) is 18.8 Å². The fourth-order valence-electron chi connectivity index (χ4n) is 3.42. The Hall–Kier alpha value is -2.95. The molecule has 7 nitrogen and oxygen atoms in total. The van der Waals surface area contributed by atoms with Crippen molar-refractivity contribution in [1.29, 1.82) is 0 Å². The Kier molecular flexibility index (Phi) is 7.49. The number of alkyl halides is 3. The van der Waals surface area contributed by atoms with Gasteiger partial charge in [0.15, 0.2) is 0 Å². The fraction of sp³-hybridized carbons (Fsp3) is 0.476. The number of benzene rings is 1. The first-order valence-electron chi connectivity index (χ1n) is 10.2. The van der Waals surface area contributed by atoms with Gasteiger partial charge in [-0.2, -0.15) is 13.2 Å².